The lowest BCUT2D eigenvalue weighted by molar-refractivity contribution is 0.164. The highest BCUT2D eigenvalue weighted by molar-refractivity contribution is 5.66. The molecule has 12 heavy (non-hydrogen) atoms. The topological polar surface area (TPSA) is 64.3 Å². The first kappa shape index (κ1) is 10.8. The van der Waals surface area contributed by atoms with Crippen LogP contribution in [0.5, 0.6) is 0 Å². The van der Waals surface area contributed by atoms with Crippen molar-refractivity contribution in [3.8, 4) is 6.19 Å². The van der Waals surface area contributed by atoms with E-state index in [9.17, 15) is 4.79 Å². The van der Waals surface area contributed by atoms with Crippen LogP contribution in [0, 0.1) is 11.5 Å². The lowest BCUT2D eigenvalue weighted by Crippen LogP contribution is -2.24. The van der Waals surface area contributed by atoms with E-state index >= 15 is 0 Å². The van der Waals surface area contributed by atoms with Crippen molar-refractivity contribution in [3.63, 3.8) is 0 Å². The van der Waals surface area contributed by atoms with Gasteiger partial charge in [0.2, 0.25) is 0 Å². The normalized spacial score (nSPS) is 9.00. The molecular weight excluding hydrogens is 156 g/mol. The van der Waals surface area contributed by atoms with Crippen LogP contribution in [0.3, 0.4) is 0 Å². The number of nitriles is 1. The van der Waals surface area contributed by atoms with Gasteiger partial charge in [0.25, 0.3) is 0 Å². The zero-order valence-corrected chi connectivity index (χ0v) is 7.29. The summed E-state index contributed by atoms with van der Waals surface area (Å²) in [6.45, 7) is 2.41. The molecule has 0 aromatic rings. The molecule has 0 aromatic heterocycles. The van der Waals surface area contributed by atoms with Crippen LogP contribution in [-0.4, -0.2) is 22.6 Å². The summed E-state index contributed by atoms with van der Waals surface area (Å²) < 4.78 is 0. The number of rotatable bonds is 5. The molecule has 4 heteroatoms. The fourth-order valence-corrected chi connectivity index (χ4v) is 0.885. The molecule has 1 amide bonds. The molecule has 0 bridgehead atoms. The van der Waals surface area contributed by atoms with E-state index in [4.69, 9.17) is 10.4 Å². The van der Waals surface area contributed by atoms with Crippen LogP contribution in [-0.2, 0) is 0 Å². The number of nitrogens with zero attached hydrogens (tertiary/aromatic N) is 2. The number of amides is 1. The van der Waals surface area contributed by atoms with Gasteiger partial charge in [0.05, 0.1) is 0 Å². The molecule has 0 unspecified atom stereocenters. The summed E-state index contributed by atoms with van der Waals surface area (Å²) in [5.41, 5.74) is 0. The van der Waals surface area contributed by atoms with Crippen LogP contribution in [0.2, 0.25) is 0 Å². The highest BCUT2D eigenvalue weighted by Gasteiger charge is 2.08. The maximum atomic E-state index is 10.3. The Morgan fingerprint density at radius 3 is 2.58 bits per heavy atom. The van der Waals surface area contributed by atoms with Gasteiger partial charge in [-0.25, -0.2) is 9.69 Å². The maximum Gasteiger partial charge on any atom is 0.420 e. The standard InChI is InChI=1S/C8H14N2O2/c1-2-3-4-5-6-10(7-9)8(11)12/h2-6H2,1H3,(H,11,12). The summed E-state index contributed by atoms with van der Waals surface area (Å²) in [6.07, 6.45) is 4.42. The molecule has 0 aromatic carbocycles. The zero-order chi connectivity index (χ0) is 9.40. The van der Waals surface area contributed by atoms with Crippen LogP contribution in [0.25, 0.3) is 0 Å². The molecule has 0 saturated heterocycles. The highest BCUT2D eigenvalue weighted by Crippen LogP contribution is 2.00. The Morgan fingerprint density at radius 2 is 2.17 bits per heavy atom. The fraction of sp³-hybridized carbons (Fsp3) is 0.750. The van der Waals surface area contributed by atoms with Gasteiger partial charge in [-0.2, -0.15) is 5.26 Å². The van der Waals surface area contributed by atoms with Gasteiger partial charge in [0.1, 0.15) is 0 Å². The van der Waals surface area contributed by atoms with Crippen LogP contribution >= 0.6 is 0 Å². The van der Waals surface area contributed by atoms with Gasteiger partial charge in [-0.15, -0.1) is 0 Å². The molecule has 0 radical (unpaired) electrons. The van der Waals surface area contributed by atoms with Gasteiger partial charge in [-0.05, 0) is 6.42 Å². The van der Waals surface area contributed by atoms with Crippen LogP contribution < -0.4 is 0 Å². The smallest absolute Gasteiger partial charge is 0.420 e. The van der Waals surface area contributed by atoms with E-state index in [1.165, 1.54) is 0 Å². The summed E-state index contributed by atoms with van der Waals surface area (Å²) in [7, 11) is 0. The quantitative estimate of drug-likeness (QED) is 0.390. The average molecular weight is 170 g/mol. The first-order valence-corrected chi connectivity index (χ1v) is 4.12. The van der Waals surface area contributed by atoms with Crippen molar-refractivity contribution in [2.24, 2.45) is 0 Å². The Labute approximate surface area is 72.4 Å². The summed E-state index contributed by atoms with van der Waals surface area (Å²) in [6, 6.07) is 0. The molecule has 0 aliphatic carbocycles. The van der Waals surface area contributed by atoms with Crippen LogP contribution in [0.15, 0.2) is 0 Å². The Kier molecular flexibility index (Phi) is 5.80. The number of hydrogen-bond donors (Lipinski definition) is 1. The van der Waals surface area contributed by atoms with Crippen molar-refractivity contribution in [2.75, 3.05) is 6.54 Å². The van der Waals surface area contributed by atoms with Crippen LogP contribution in [0.1, 0.15) is 32.6 Å². The first-order valence-electron chi connectivity index (χ1n) is 4.12. The minimum Gasteiger partial charge on any atom is -0.464 e. The van der Waals surface area contributed by atoms with E-state index in [-0.39, 0.29) is 0 Å². The Bertz CT molecular complexity index is 174. The van der Waals surface area contributed by atoms with Crippen molar-refractivity contribution >= 4 is 6.09 Å². The second-order valence-corrected chi connectivity index (χ2v) is 2.59. The van der Waals surface area contributed by atoms with Crippen molar-refractivity contribution in [2.45, 2.75) is 32.6 Å². The number of carbonyl (C=O) groups is 1. The summed E-state index contributed by atoms with van der Waals surface area (Å²) >= 11 is 0. The van der Waals surface area contributed by atoms with Crippen molar-refractivity contribution < 1.29 is 9.90 Å². The Morgan fingerprint density at radius 1 is 1.50 bits per heavy atom. The van der Waals surface area contributed by atoms with E-state index in [1.54, 1.807) is 6.19 Å². The van der Waals surface area contributed by atoms with Gasteiger partial charge in [-0.3, -0.25) is 0 Å². The molecule has 1 N–H and O–H groups in total. The van der Waals surface area contributed by atoms with Crippen LogP contribution in [0.4, 0.5) is 4.79 Å². The molecule has 0 saturated carbocycles. The first-order chi connectivity index (χ1) is 5.72. The molecule has 4 nitrogen and oxygen atoms in total. The predicted molar refractivity (Wildman–Crippen MR) is 44.5 cm³/mol. The van der Waals surface area contributed by atoms with Gasteiger partial charge in [0, 0.05) is 6.54 Å². The number of carboxylic acid groups (broad SMARTS) is 1. The lowest BCUT2D eigenvalue weighted by Gasteiger charge is -2.07. The molecule has 0 aliphatic rings. The number of unbranched alkanes of at least 4 members (excludes halogenated alkanes) is 3. The summed E-state index contributed by atoms with van der Waals surface area (Å²) in [4.78, 5) is 11.1. The summed E-state index contributed by atoms with van der Waals surface area (Å²) in [5.74, 6) is 0. The van der Waals surface area contributed by atoms with E-state index in [0.717, 1.165) is 30.6 Å². The maximum absolute atomic E-state index is 10.3. The minimum absolute atomic E-state index is 0.325. The Balaban J connectivity index is 3.47. The number of hydrogen-bond acceptors (Lipinski definition) is 2. The van der Waals surface area contributed by atoms with Gasteiger partial charge in [-0.1, -0.05) is 26.2 Å². The highest BCUT2D eigenvalue weighted by atomic mass is 16.4. The monoisotopic (exact) mass is 170 g/mol. The molecular formula is C8H14N2O2. The lowest BCUT2D eigenvalue weighted by atomic mass is 10.2. The van der Waals surface area contributed by atoms with Gasteiger partial charge >= 0.3 is 6.09 Å². The summed E-state index contributed by atoms with van der Waals surface area (Å²) in [5, 5.41) is 16.8. The molecule has 0 aliphatic heterocycles. The van der Waals surface area contributed by atoms with Crippen molar-refractivity contribution in [1.29, 1.82) is 5.26 Å². The third kappa shape index (κ3) is 4.56. The Hall–Kier alpha value is -1.24. The largest absolute Gasteiger partial charge is 0.464 e. The van der Waals surface area contributed by atoms with Gasteiger partial charge < -0.3 is 5.11 Å². The third-order valence-corrected chi connectivity index (χ3v) is 1.59. The van der Waals surface area contributed by atoms with E-state index in [0.29, 0.717) is 6.54 Å². The SMILES string of the molecule is CCCCCCN(C#N)C(=O)O. The minimum atomic E-state index is -1.16. The van der Waals surface area contributed by atoms with E-state index in [1.807, 2.05) is 0 Å². The predicted octanol–water partition coefficient (Wildman–Crippen LogP) is 2.03. The fourth-order valence-electron chi connectivity index (χ4n) is 0.885. The van der Waals surface area contributed by atoms with Gasteiger partial charge in [0.15, 0.2) is 6.19 Å². The molecule has 68 valence electrons. The molecule has 0 atom stereocenters. The molecule has 0 rings (SSSR count). The third-order valence-electron chi connectivity index (χ3n) is 1.59. The average Bonchev–Trinajstić information content (AvgIpc) is 2.04. The van der Waals surface area contributed by atoms with Crippen molar-refractivity contribution in [3.05, 3.63) is 0 Å². The molecule has 0 fully saturated rings. The zero-order valence-electron chi connectivity index (χ0n) is 7.29. The van der Waals surface area contributed by atoms with Crippen molar-refractivity contribution in [1.82, 2.24) is 4.90 Å². The second kappa shape index (κ2) is 6.47. The molecule has 0 heterocycles. The molecule has 0 spiro atoms. The van der Waals surface area contributed by atoms with E-state index < -0.39 is 6.09 Å². The second-order valence-electron chi connectivity index (χ2n) is 2.59. The van der Waals surface area contributed by atoms with E-state index in [2.05, 4.69) is 6.92 Å².